The molecule has 0 radical (unpaired) electrons. The molecule has 0 atom stereocenters. The molecule has 0 aromatic carbocycles. The van der Waals surface area contributed by atoms with Crippen molar-refractivity contribution in [2.75, 3.05) is 12.3 Å². The number of oxazole rings is 1. The first-order valence-electron chi connectivity index (χ1n) is 8.48. The standard InChI is InChI=1S/C17H21N3O3S/c21-24(22,12-13-4-1-2-5-13)20-9-7-16-15(11-20)19-17(23-16)14-6-3-8-18-10-14/h3,6,8,10,13H,1-2,4-5,7,9,11-12H2. The van der Waals surface area contributed by atoms with Crippen molar-refractivity contribution in [3.05, 3.63) is 36.0 Å². The maximum Gasteiger partial charge on any atom is 0.228 e. The Kier molecular flexibility index (Phi) is 4.14. The molecule has 1 fully saturated rings. The lowest BCUT2D eigenvalue weighted by Gasteiger charge is -2.25. The molecule has 7 heteroatoms. The fourth-order valence-electron chi connectivity index (χ4n) is 3.61. The molecule has 2 aromatic heterocycles. The van der Waals surface area contributed by atoms with Gasteiger partial charge >= 0.3 is 0 Å². The van der Waals surface area contributed by atoms with Gasteiger partial charge in [0.2, 0.25) is 15.9 Å². The van der Waals surface area contributed by atoms with E-state index in [1.807, 2.05) is 12.1 Å². The van der Waals surface area contributed by atoms with E-state index in [0.717, 1.165) is 42.7 Å². The van der Waals surface area contributed by atoms with Crippen molar-refractivity contribution < 1.29 is 12.8 Å². The zero-order chi connectivity index (χ0) is 16.6. The van der Waals surface area contributed by atoms with Crippen LogP contribution in [0, 0.1) is 5.92 Å². The second-order valence-corrected chi connectivity index (χ2v) is 8.66. The van der Waals surface area contributed by atoms with Crippen LogP contribution in [0.2, 0.25) is 0 Å². The van der Waals surface area contributed by atoms with Crippen molar-refractivity contribution in [2.24, 2.45) is 5.92 Å². The van der Waals surface area contributed by atoms with Gasteiger partial charge in [0.1, 0.15) is 5.76 Å². The van der Waals surface area contributed by atoms with Crippen molar-refractivity contribution >= 4 is 10.0 Å². The van der Waals surface area contributed by atoms with Gasteiger partial charge in [0.15, 0.2) is 0 Å². The highest BCUT2D eigenvalue weighted by Crippen LogP contribution is 2.30. The first kappa shape index (κ1) is 15.8. The summed E-state index contributed by atoms with van der Waals surface area (Å²) >= 11 is 0. The molecule has 2 aliphatic rings. The van der Waals surface area contributed by atoms with Gasteiger partial charge in [-0.3, -0.25) is 4.98 Å². The Morgan fingerprint density at radius 2 is 2.12 bits per heavy atom. The van der Waals surface area contributed by atoms with E-state index in [0.29, 0.717) is 31.3 Å². The minimum Gasteiger partial charge on any atom is -0.441 e. The molecule has 6 nitrogen and oxygen atoms in total. The number of pyridine rings is 1. The smallest absolute Gasteiger partial charge is 0.228 e. The van der Waals surface area contributed by atoms with E-state index in [1.165, 1.54) is 0 Å². The third-order valence-corrected chi connectivity index (χ3v) is 6.91. The highest BCUT2D eigenvalue weighted by molar-refractivity contribution is 7.89. The van der Waals surface area contributed by atoms with Crippen molar-refractivity contribution in [1.29, 1.82) is 0 Å². The van der Waals surface area contributed by atoms with Crippen LogP contribution in [0.25, 0.3) is 11.5 Å². The molecule has 128 valence electrons. The highest BCUT2D eigenvalue weighted by atomic mass is 32.2. The molecule has 0 N–H and O–H groups in total. The van der Waals surface area contributed by atoms with Crippen LogP contribution in [0.1, 0.15) is 37.1 Å². The highest BCUT2D eigenvalue weighted by Gasteiger charge is 2.32. The lowest BCUT2D eigenvalue weighted by Crippen LogP contribution is -2.38. The van der Waals surface area contributed by atoms with Crippen LogP contribution in [0.15, 0.2) is 28.9 Å². The number of aromatic nitrogens is 2. The molecule has 4 rings (SSSR count). The summed E-state index contributed by atoms with van der Waals surface area (Å²) in [6.45, 7) is 0.790. The first-order chi connectivity index (χ1) is 11.6. The van der Waals surface area contributed by atoms with Gasteiger partial charge in [0.05, 0.1) is 23.6 Å². The molecular formula is C17H21N3O3S. The fraction of sp³-hybridized carbons (Fsp3) is 0.529. The first-order valence-corrected chi connectivity index (χ1v) is 10.1. The lowest BCUT2D eigenvalue weighted by molar-refractivity contribution is 0.359. The minimum absolute atomic E-state index is 0.273. The predicted molar refractivity (Wildman–Crippen MR) is 89.6 cm³/mol. The van der Waals surface area contributed by atoms with Crippen LogP contribution < -0.4 is 0 Å². The van der Waals surface area contributed by atoms with E-state index in [9.17, 15) is 8.42 Å². The Morgan fingerprint density at radius 1 is 1.29 bits per heavy atom. The average molecular weight is 347 g/mol. The zero-order valence-corrected chi connectivity index (χ0v) is 14.3. The lowest BCUT2D eigenvalue weighted by atomic mass is 10.1. The molecule has 0 amide bonds. The summed E-state index contributed by atoms with van der Waals surface area (Å²) in [6.07, 6.45) is 8.35. The summed E-state index contributed by atoms with van der Waals surface area (Å²) in [6, 6.07) is 3.72. The number of hydrogen-bond acceptors (Lipinski definition) is 5. The van der Waals surface area contributed by atoms with E-state index in [2.05, 4.69) is 9.97 Å². The van der Waals surface area contributed by atoms with Crippen LogP contribution in [0.3, 0.4) is 0 Å². The Labute approximate surface area is 142 Å². The van der Waals surface area contributed by atoms with Gasteiger partial charge in [-0.15, -0.1) is 0 Å². The number of fused-ring (bicyclic) bond motifs is 1. The Morgan fingerprint density at radius 3 is 2.88 bits per heavy atom. The number of rotatable bonds is 4. The summed E-state index contributed by atoms with van der Waals surface area (Å²) in [5.74, 6) is 1.90. The number of nitrogens with zero attached hydrogens (tertiary/aromatic N) is 3. The van der Waals surface area contributed by atoms with Crippen LogP contribution in [-0.2, 0) is 23.0 Å². The summed E-state index contributed by atoms with van der Waals surface area (Å²) in [7, 11) is -3.23. The normalized spacial score (nSPS) is 19.5. The second-order valence-electron chi connectivity index (χ2n) is 6.64. The Hall–Kier alpha value is -1.73. The van der Waals surface area contributed by atoms with Gasteiger partial charge < -0.3 is 4.42 Å². The maximum absolute atomic E-state index is 12.7. The van der Waals surface area contributed by atoms with Crippen LogP contribution >= 0.6 is 0 Å². The largest absolute Gasteiger partial charge is 0.441 e. The second kappa shape index (κ2) is 6.29. The van der Waals surface area contributed by atoms with Gasteiger partial charge in [-0.2, -0.15) is 4.31 Å². The van der Waals surface area contributed by atoms with E-state index >= 15 is 0 Å². The molecule has 1 aliphatic heterocycles. The van der Waals surface area contributed by atoms with Gasteiger partial charge in [-0.1, -0.05) is 12.8 Å². The van der Waals surface area contributed by atoms with Gasteiger partial charge in [0.25, 0.3) is 0 Å². The number of sulfonamides is 1. The quantitative estimate of drug-likeness (QED) is 0.850. The van der Waals surface area contributed by atoms with Crippen LogP contribution in [-0.4, -0.2) is 35.0 Å². The Balaban J connectivity index is 1.52. The van der Waals surface area contributed by atoms with E-state index < -0.39 is 10.0 Å². The molecule has 1 aliphatic carbocycles. The third kappa shape index (κ3) is 3.10. The fourth-order valence-corrected chi connectivity index (χ4v) is 5.43. The zero-order valence-electron chi connectivity index (χ0n) is 13.5. The molecule has 0 bridgehead atoms. The van der Waals surface area contributed by atoms with E-state index in [-0.39, 0.29) is 5.75 Å². The molecule has 3 heterocycles. The summed E-state index contributed by atoms with van der Waals surface area (Å²) in [5.41, 5.74) is 1.54. The van der Waals surface area contributed by atoms with E-state index in [4.69, 9.17) is 4.42 Å². The van der Waals surface area contributed by atoms with E-state index in [1.54, 1.807) is 16.7 Å². The molecule has 0 unspecified atom stereocenters. The summed E-state index contributed by atoms with van der Waals surface area (Å²) in [4.78, 5) is 8.58. The molecule has 0 spiro atoms. The number of hydrogen-bond donors (Lipinski definition) is 0. The minimum atomic E-state index is -3.23. The van der Waals surface area contributed by atoms with Gasteiger partial charge in [-0.25, -0.2) is 13.4 Å². The van der Waals surface area contributed by atoms with Crippen molar-refractivity contribution in [3.8, 4) is 11.5 Å². The van der Waals surface area contributed by atoms with Crippen LogP contribution in [0.5, 0.6) is 0 Å². The van der Waals surface area contributed by atoms with Crippen LogP contribution in [0.4, 0.5) is 0 Å². The summed E-state index contributed by atoms with van der Waals surface area (Å²) < 4.78 is 32.8. The van der Waals surface area contributed by atoms with Gasteiger partial charge in [-0.05, 0) is 30.9 Å². The van der Waals surface area contributed by atoms with Crippen molar-refractivity contribution in [1.82, 2.24) is 14.3 Å². The van der Waals surface area contributed by atoms with Crippen molar-refractivity contribution in [3.63, 3.8) is 0 Å². The third-order valence-electron chi connectivity index (χ3n) is 4.92. The van der Waals surface area contributed by atoms with Crippen molar-refractivity contribution in [2.45, 2.75) is 38.6 Å². The molecule has 1 saturated carbocycles. The summed E-state index contributed by atoms with van der Waals surface area (Å²) in [5, 5.41) is 0. The molecule has 0 saturated heterocycles. The van der Waals surface area contributed by atoms with Gasteiger partial charge in [0, 0.05) is 25.4 Å². The predicted octanol–water partition coefficient (Wildman–Crippen LogP) is 2.61. The monoisotopic (exact) mass is 347 g/mol. The topological polar surface area (TPSA) is 76.3 Å². The SMILES string of the molecule is O=S(=O)(CC1CCCC1)N1CCc2oc(-c3cccnc3)nc2C1. The molecule has 2 aromatic rings. The molecule has 24 heavy (non-hydrogen) atoms. The average Bonchev–Trinajstić information content (AvgIpc) is 3.23. The Bertz CT molecular complexity index is 811. The maximum atomic E-state index is 12.7. The molecular weight excluding hydrogens is 326 g/mol.